The van der Waals surface area contributed by atoms with Crippen molar-refractivity contribution in [3.63, 3.8) is 0 Å². The highest BCUT2D eigenvalue weighted by Gasteiger charge is 2.29. The number of hydrogen-bond donors (Lipinski definition) is 0. The first-order valence-corrected chi connectivity index (χ1v) is 9.85. The first-order valence-electron chi connectivity index (χ1n) is 8.26. The van der Waals surface area contributed by atoms with E-state index >= 15 is 0 Å². The van der Waals surface area contributed by atoms with E-state index in [-0.39, 0.29) is 11.8 Å². The van der Waals surface area contributed by atoms with Crippen LogP contribution in [-0.2, 0) is 4.79 Å². The van der Waals surface area contributed by atoms with Crippen molar-refractivity contribution in [2.75, 3.05) is 30.9 Å². The molecule has 0 spiro atoms. The number of rotatable bonds is 3. The van der Waals surface area contributed by atoms with E-state index in [2.05, 4.69) is 27.9 Å². The van der Waals surface area contributed by atoms with Crippen LogP contribution in [0.1, 0.15) is 12.8 Å². The summed E-state index contributed by atoms with van der Waals surface area (Å²) in [5.74, 6) is 2.13. The third-order valence-corrected chi connectivity index (χ3v) is 4.32. The summed E-state index contributed by atoms with van der Waals surface area (Å²) < 4.78 is 0. The molecule has 0 aliphatic carbocycles. The Kier molecular flexibility index (Phi) is 7.47. The largest absolute Gasteiger partial charge is 0.306 e. The number of amides is 1. The number of hydrogen-bond acceptors (Lipinski definition) is 2. The Morgan fingerprint density at radius 2 is 1.33 bits per heavy atom. The second-order valence-corrected chi connectivity index (χ2v) is 5.92. The van der Waals surface area contributed by atoms with Crippen LogP contribution >= 0.6 is 15.9 Å². The molecule has 2 aromatic rings. The zero-order valence-corrected chi connectivity index (χ0v) is 15.9. The summed E-state index contributed by atoms with van der Waals surface area (Å²) in [5.41, 5.74) is 1.88. The molecule has 1 saturated heterocycles. The van der Waals surface area contributed by atoms with E-state index in [1.54, 1.807) is 0 Å². The van der Waals surface area contributed by atoms with Gasteiger partial charge in [0.15, 0.2) is 0 Å². The molecule has 2 aromatic carbocycles. The van der Waals surface area contributed by atoms with Crippen molar-refractivity contribution >= 4 is 33.2 Å². The predicted molar refractivity (Wildman–Crippen MR) is 105 cm³/mol. The molecule has 0 aromatic heterocycles. The molecule has 3 nitrogen and oxygen atoms in total. The standard InChI is InChI=1S/C19H22N2O.CH3Br/c1-20-14-12-16(13-15-20)19(22)21(17-8-4-2-5-9-17)18-10-6-3-7-11-18;1-2/h2-11,16H,12-15H2,1H3;1H3. The molecule has 4 heteroatoms. The number of benzene rings is 2. The monoisotopic (exact) mass is 388 g/mol. The molecule has 0 N–H and O–H groups in total. The summed E-state index contributed by atoms with van der Waals surface area (Å²) in [6, 6.07) is 19.9. The van der Waals surface area contributed by atoms with Crippen LogP contribution in [-0.4, -0.2) is 36.8 Å². The van der Waals surface area contributed by atoms with Gasteiger partial charge < -0.3 is 4.90 Å². The van der Waals surface area contributed by atoms with E-state index in [0.29, 0.717) is 0 Å². The number of anilines is 2. The molecule has 24 heavy (non-hydrogen) atoms. The van der Waals surface area contributed by atoms with Crippen molar-refractivity contribution < 1.29 is 4.79 Å². The molecule has 1 heterocycles. The zero-order valence-electron chi connectivity index (χ0n) is 14.4. The zero-order chi connectivity index (χ0) is 17.4. The molecular weight excluding hydrogens is 364 g/mol. The van der Waals surface area contributed by atoms with Crippen molar-refractivity contribution in [1.82, 2.24) is 4.90 Å². The average Bonchev–Trinajstić information content (AvgIpc) is 2.66. The fraction of sp³-hybridized carbons (Fsp3) is 0.350. The van der Waals surface area contributed by atoms with Crippen molar-refractivity contribution in [3.05, 3.63) is 60.7 Å². The van der Waals surface area contributed by atoms with Gasteiger partial charge in [0.1, 0.15) is 0 Å². The molecule has 1 aliphatic heterocycles. The van der Waals surface area contributed by atoms with Gasteiger partial charge in [-0.25, -0.2) is 0 Å². The summed E-state index contributed by atoms with van der Waals surface area (Å²) >= 11 is 2.94. The van der Waals surface area contributed by atoms with Gasteiger partial charge >= 0.3 is 0 Å². The second-order valence-electron chi connectivity index (χ2n) is 5.92. The van der Waals surface area contributed by atoms with Crippen molar-refractivity contribution in [3.8, 4) is 0 Å². The molecule has 0 atom stereocenters. The number of piperidine rings is 1. The Hall–Kier alpha value is -1.65. The number of halogens is 1. The van der Waals surface area contributed by atoms with Crippen LogP contribution in [0, 0.1) is 5.92 Å². The molecule has 1 fully saturated rings. The van der Waals surface area contributed by atoms with E-state index in [1.165, 1.54) is 0 Å². The molecule has 0 unspecified atom stereocenters. The van der Waals surface area contributed by atoms with Crippen molar-refractivity contribution in [2.45, 2.75) is 12.8 Å². The number of alkyl halides is 1. The maximum atomic E-state index is 13.1. The highest BCUT2D eigenvalue weighted by atomic mass is 79.9. The van der Waals surface area contributed by atoms with Gasteiger partial charge in [0.25, 0.3) is 0 Å². The van der Waals surface area contributed by atoms with Gasteiger partial charge in [-0.2, -0.15) is 0 Å². The van der Waals surface area contributed by atoms with Gasteiger partial charge in [-0.1, -0.05) is 52.3 Å². The summed E-state index contributed by atoms with van der Waals surface area (Å²) in [6.07, 6.45) is 1.87. The highest BCUT2D eigenvalue weighted by Crippen LogP contribution is 2.29. The molecule has 3 rings (SSSR count). The SMILES string of the molecule is CBr.CN1CCC(C(=O)N(c2ccccc2)c2ccccc2)CC1. The van der Waals surface area contributed by atoms with E-state index in [4.69, 9.17) is 0 Å². The summed E-state index contributed by atoms with van der Waals surface area (Å²) in [7, 11) is 2.12. The van der Waals surface area contributed by atoms with E-state index in [0.717, 1.165) is 37.3 Å². The minimum Gasteiger partial charge on any atom is -0.306 e. The summed E-state index contributed by atoms with van der Waals surface area (Å²) in [4.78, 5) is 17.3. The predicted octanol–water partition coefficient (Wildman–Crippen LogP) is 4.70. The Morgan fingerprint density at radius 3 is 1.75 bits per heavy atom. The second kappa shape index (κ2) is 9.60. The van der Waals surface area contributed by atoms with Gasteiger partial charge in [0.2, 0.25) is 5.91 Å². The lowest BCUT2D eigenvalue weighted by Gasteiger charge is -2.32. The number of para-hydroxylation sites is 2. The highest BCUT2D eigenvalue weighted by molar-refractivity contribution is 9.08. The molecule has 128 valence electrons. The van der Waals surface area contributed by atoms with Crippen LogP contribution in [0.25, 0.3) is 0 Å². The Balaban J connectivity index is 0.00000100. The van der Waals surface area contributed by atoms with Gasteiger partial charge in [-0.15, -0.1) is 0 Å². The minimum atomic E-state index is 0.108. The fourth-order valence-corrected chi connectivity index (χ4v) is 3.00. The van der Waals surface area contributed by atoms with Crippen LogP contribution in [0.2, 0.25) is 0 Å². The normalized spacial score (nSPS) is 15.3. The average molecular weight is 389 g/mol. The molecular formula is C20H25BrN2O. The van der Waals surface area contributed by atoms with E-state index in [1.807, 2.05) is 71.4 Å². The maximum absolute atomic E-state index is 13.1. The lowest BCUT2D eigenvalue weighted by Crippen LogP contribution is -2.39. The fourth-order valence-electron chi connectivity index (χ4n) is 3.00. The van der Waals surface area contributed by atoms with E-state index in [9.17, 15) is 4.79 Å². The maximum Gasteiger partial charge on any atom is 0.234 e. The number of nitrogens with zero attached hydrogens (tertiary/aromatic N) is 2. The molecule has 1 amide bonds. The molecule has 0 radical (unpaired) electrons. The van der Waals surface area contributed by atoms with Gasteiger partial charge in [0, 0.05) is 17.3 Å². The summed E-state index contributed by atoms with van der Waals surface area (Å²) in [5, 5.41) is 0. The third kappa shape index (κ3) is 4.68. The summed E-state index contributed by atoms with van der Waals surface area (Å²) in [6.45, 7) is 1.99. The van der Waals surface area contributed by atoms with Gasteiger partial charge in [-0.05, 0) is 63.1 Å². The van der Waals surface area contributed by atoms with Gasteiger partial charge in [-0.3, -0.25) is 9.69 Å². The van der Waals surface area contributed by atoms with Crippen LogP contribution < -0.4 is 4.90 Å². The van der Waals surface area contributed by atoms with Crippen LogP contribution in [0.4, 0.5) is 11.4 Å². The number of carbonyl (C=O) groups excluding carboxylic acids is 1. The first-order chi connectivity index (χ1) is 11.8. The van der Waals surface area contributed by atoms with Crippen LogP contribution in [0.5, 0.6) is 0 Å². The molecule has 1 aliphatic rings. The topological polar surface area (TPSA) is 23.6 Å². The minimum absolute atomic E-state index is 0.108. The number of carbonyl (C=O) groups is 1. The van der Waals surface area contributed by atoms with Crippen LogP contribution in [0.3, 0.4) is 0 Å². The van der Waals surface area contributed by atoms with Crippen molar-refractivity contribution in [1.29, 1.82) is 0 Å². The smallest absolute Gasteiger partial charge is 0.234 e. The quantitative estimate of drug-likeness (QED) is 0.711. The van der Waals surface area contributed by atoms with Gasteiger partial charge in [0.05, 0.1) is 0 Å². The lowest BCUT2D eigenvalue weighted by atomic mass is 9.95. The third-order valence-electron chi connectivity index (χ3n) is 4.32. The number of likely N-dealkylation sites (tertiary alicyclic amines) is 1. The lowest BCUT2D eigenvalue weighted by molar-refractivity contribution is -0.122. The molecule has 0 bridgehead atoms. The Morgan fingerprint density at radius 1 is 0.917 bits per heavy atom. The van der Waals surface area contributed by atoms with Crippen molar-refractivity contribution in [2.24, 2.45) is 5.92 Å². The van der Waals surface area contributed by atoms with Crippen LogP contribution in [0.15, 0.2) is 60.7 Å². The molecule has 0 saturated carbocycles. The Bertz CT molecular complexity index is 571. The first kappa shape index (κ1) is 18.7. The van der Waals surface area contributed by atoms with E-state index < -0.39 is 0 Å². The Labute approximate surface area is 153 Å².